The second-order valence-corrected chi connectivity index (χ2v) is 7.83. The van der Waals surface area contributed by atoms with Crippen LogP contribution in [0.25, 0.3) is 0 Å². The molecule has 0 spiro atoms. The summed E-state index contributed by atoms with van der Waals surface area (Å²) in [5.41, 5.74) is 0.859. The van der Waals surface area contributed by atoms with Crippen LogP contribution in [0.4, 0.5) is 0 Å². The van der Waals surface area contributed by atoms with E-state index in [2.05, 4.69) is 28.8 Å². The average Bonchev–Trinajstić information content (AvgIpc) is 2.73. The predicted octanol–water partition coefficient (Wildman–Crippen LogP) is 1.46. The molecule has 0 saturated heterocycles. The fourth-order valence-electron chi connectivity index (χ4n) is 2.79. The maximum absolute atomic E-state index is 12.5. The maximum Gasteiger partial charge on any atom is 0.260 e. The van der Waals surface area contributed by atoms with Crippen molar-refractivity contribution in [3.63, 3.8) is 0 Å². The molecule has 1 atom stereocenters. The van der Waals surface area contributed by atoms with E-state index in [0.29, 0.717) is 11.3 Å². The van der Waals surface area contributed by atoms with Crippen LogP contribution in [0.2, 0.25) is 0 Å². The lowest BCUT2D eigenvalue weighted by atomic mass is 9.74. The molecule has 2 rings (SSSR count). The largest absolute Gasteiger partial charge is 0.392 e. The zero-order valence-electron chi connectivity index (χ0n) is 12.2. The minimum absolute atomic E-state index is 0.0595. The summed E-state index contributed by atoms with van der Waals surface area (Å²) in [7, 11) is -3.71. The van der Waals surface area contributed by atoms with E-state index in [-0.39, 0.29) is 23.1 Å². The zero-order valence-corrected chi connectivity index (χ0v) is 13.0. The van der Waals surface area contributed by atoms with Crippen LogP contribution in [-0.4, -0.2) is 29.8 Å². The number of aliphatic hydroxyl groups excluding tert-OH is 1. The first kappa shape index (κ1) is 15.5. The van der Waals surface area contributed by atoms with Gasteiger partial charge >= 0.3 is 0 Å². The second-order valence-electron chi connectivity index (χ2n) is 6.20. The third-order valence-electron chi connectivity index (χ3n) is 4.25. The lowest BCUT2D eigenvalue weighted by Crippen LogP contribution is -2.46. The lowest BCUT2D eigenvalue weighted by molar-refractivity contribution is 0.188. The molecule has 0 aromatic carbocycles. The minimum atomic E-state index is -3.71. The Balaban J connectivity index is 2.27. The van der Waals surface area contributed by atoms with Gasteiger partial charge in [-0.1, -0.05) is 26.7 Å². The molecule has 1 aliphatic rings. The van der Waals surface area contributed by atoms with Gasteiger partial charge in [0.05, 0.1) is 6.61 Å². The molecular weight excluding hydrogens is 278 g/mol. The van der Waals surface area contributed by atoms with Crippen molar-refractivity contribution >= 4 is 10.0 Å². The van der Waals surface area contributed by atoms with Gasteiger partial charge in [-0.15, -0.1) is 0 Å². The summed E-state index contributed by atoms with van der Waals surface area (Å²) in [6, 6.07) is -0.0928. The van der Waals surface area contributed by atoms with Crippen LogP contribution in [0.15, 0.2) is 5.03 Å². The van der Waals surface area contributed by atoms with Gasteiger partial charge in [0.15, 0.2) is 5.03 Å². The molecule has 0 bridgehead atoms. The van der Waals surface area contributed by atoms with Crippen LogP contribution in [0, 0.1) is 12.3 Å². The van der Waals surface area contributed by atoms with Crippen molar-refractivity contribution in [1.29, 1.82) is 0 Å². The van der Waals surface area contributed by atoms with Crippen molar-refractivity contribution in [3.8, 4) is 0 Å². The smallest absolute Gasteiger partial charge is 0.260 e. The monoisotopic (exact) mass is 301 g/mol. The van der Waals surface area contributed by atoms with E-state index < -0.39 is 10.0 Å². The van der Waals surface area contributed by atoms with E-state index in [1.54, 1.807) is 6.92 Å². The molecule has 1 heterocycles. The molecule has 3 N–H and O–H groups in total. The van der Waals surface area contributed by atoms with Crippen molar-refractivity contribution in [2.75, 3.05) is 0 Å². The lowest BCUT2D eigenvalue weighted by Gasteiger charge is -2.38. The van der Waals surface area contributed by atoms with Gasteiger partial charge in [0.1, 0.15) is 0 Å². The number of H-pyrrole nitrogens is 1. The molecule has 0 aliphatic heterocycles. The summed E-state index contributed by atoms with van der Waals surface area (Å²) in [5.74, 6) is 0. The molecule has 6 nitrogen and oxygen atoms in total. The number of rotatable bonds is 4. The Kier molecular flexibility index (Phi) is 4.22. The van der Waals surface area contributed by atoms with Gasteiger partial charge < -0.3 is 5.11 Å². The van der Waals surface area contributed by atoms with E-state index in [1.165, 1.54) is 0 Å². The van der Waals surface area contributed by atoms with Gasteiger partial charge in [0.2, 0.25) is 0 Å². The summed E-state index contributed by atoms with van der Waals surface area (Å²) >= 11 is 0. The SMILES string of the molecule is Cc1[nH]nc(S(=O)(=O)NC2CCCCC2(C)C)c1CO. The van der Waals surface area contributed by atoms with Gasteiger partial charge in [-0.25, -0.2) is 13.1 Å². The molecule has 7 heteroatoms. The molecule has 114 valence electrons. The van der Waals surface area contributed by atoms with Crippen LogP contribution in [0.1, 0.15) is 50.8 Å². The van der Waals surface area contributed by atoms with Crippen LogP contribution in [-0.2, 0) is 16.6 Å². The van der Waals surface area contributed by atoms with E-state index in [9.17, 15) is 13.5 Å². The molecule has 0 amide bonds. The van der Waals surface area contributed by atoms with Crippen LogP contribution >= 0.6 is 0 Å². The third kappa shape index (κ3) is 2.89. The Morgan fingerprint density at radius 2 is 2.15 bits per heavy atom. The Hall–Kier alpha value is -0.920. The number of aromatic amines is 1. The number of aryl methyl sites for hydroxylation is 1. The average molecular weight is 301 g/mol. The highest BCUT2D eigenvalue weighted by Gasteiger charge is 2.36. The fraction of sp³-hybridized carbons (Fsp3) is 0.769. The highest BCUT2D eigenvalue weighted by atomic mass is 32.2. The molecule has 1 aromatic heterocycles. The van der Waals surface area contributed by atoms with Crippen molar-refractivity contribution in [2.24, 2.45) is 5.41 Å². The number of hydrogen-bond acceptors (Lipinski definition) is 4. The molecule has 1 aromatic rings. The van der Waals surface area contributed by atoms with Crippen molar-refractivity contribution in [3.05, 3.63) is 11.3 Å². The first-order valence-corrected chi connectivity index (χ1v) is 8.43. The number of hydrogen-bond donors (Lipinski definition) is 3. The summed E-state index contributed by atoms with van der Waals surface area (Å²) < 4.78 is 27.7. The number of aromatic nitrogens is 2. The highest BCUT2D eigenvalue weighted by molar-refractivity contribution is 7.89. The number of nitrogens with zero attached hydrogens (tertiary/aromatic N) is 1. The van der Waals surface area contributed by atoms with E-state index in [4.69, 9.17) is 0 Å². The highest BCUT2D eigenvalue weighted by Crippen LogP contribution is 2.36. The van der Waals surface area contributed by atoms with Gasteiger partial charge in [0, 0.05) is 17.3 Å². The summed E-state index contributed by atoms with van der Waals surface area (Å²) in [6.07, 6.45) is 4.01. The van der Waals surface area contributed by atoms with Gasteiger partial charge in [-0.2, -0.15) is 5.10 Å². The molecular formula is C13H23N3O3S. The topological polar surface area (TPSA) is 95.1 Å². The summed E-state index contributed by atoms with van der Waals surface area (Å²) in [4.78, 5) is 0. The molecule has 0 radical (unpaired) electrons. The molecule has 20 heavy (non-hydrogen) atoms. The maximum atomic E-state index is 12.5. The Labute approximate surface area is 120 Å². The van der Waals surface area contributed by atoms with Crippen molar-refractivity contribution in [2.45, 2.75) is 64.1 Å². The van der Waals surface area contributed by atoms with E-state index in [1.807, 2.05) is 0 Å². The number of aliphatic hydroxyl groups is 1. The molecule has 1 aliphatic carbocycles. The van der Waals surface area contributed by atoms with Crippen LogP contribution in [0.3, 0.4) is 0 Å². The Morgan fingerprint density at radius 3 is 2.75 bits per heavy atom. The number of nitrogens with one attached hydrogen (secondary N) is 2. The first-order chi connectivity index (χ1) is 9.28. The van der Waals surface area contributed by atoms with E-state index >= 15 is 0 Å². The zero-order chi connectivity index (χ0) is 15.0. The van der Waals surface area contributed by atoms with Gasteiger partial charge in [-0.3, -0.25) is 5.10 Å². The fourth-order valence-corrected chi connectivity index (χ4v) is 4.43. The second kappa shape index (κ2) is 5.46. The minimum Gasteiger partial charge on any atom is -0.392 e. The van der Waals surface area contributed by atoms with E-state index in [0.717, 1.165) is 25.7 Å². The van der Waals surface area contributed by atoms with Crippen LogP contribution in [0.5, 0.6) is 0 Å². The number of sulfonamides is 1. The quantitative estimate of drug-likeness (QED) is 0.784. The molecule has 1 unspecified atom stereocenters. The predicted molar refractivity (Wildman–Crippen MR) is 75.6 cm³/mol. The normalized spacial score (nSPS) is 22.9. The third-order valence-corrected chi connectivity index (χ3v) is 5.69. The Bertz CT molecular complexity index is 578. The first-order valence-electron chi connectivity index (χ1n) is 6.95. The van der Waals surface area contributed by atoms with Crippen molar-refractivity contribution in [1.82, 2.24) is 14.9 Å². The molecule has 1 saturated carbocycles. The van der Waals surface area contributed by atoms with Crippen LogP contribution < -0.4 is 4.72 Å². The summed E-state index contributed by atoms with van der Waals surface area (Å²) in [5, 5.41) is 15.7. The Morgan fingerprint density at radius 1 is 1.45 bits per heavy atom. The van der Waals surface area contributed by atoms with Crippen molar-refractivity contribution < 1.29 is 13.5 Å². The standard InChI is InChI=1S/C13H23N3O3S/c1-9-10(8-17)12(15-14-9)20(18,19)16-11-6-4-5-7-13(11,2)3/h11,16-17H,4-8H2,1-3H3,(H,14,15). The summed E-state index contributed by atoms with van der Waals surface area (Å²) in [6.45, 7) is 5.53. The van der Waals surface area contributed by atoms with Gasteiger partial charge in [0.25, 0.3) is 10.0 Å². The van der Waals surface area contributed by atoms with Gasteiger partial charge in [-0.05, 0) is 25.2 Å². The molecule has 1 fully saturated rings.